The smallest absolute Gasteiger partial charge is 0.275 e. The zero-order valence-electron chi connectivity index (χ0n) is 13.5. The molecular formula is C17H21N3O4. The minimum atomic E-state index is -0.544. The fourth-order valence-electron chi connectivity index (χ4n) is 2.25. The highest BCUT2D eigenvalue weighted by atomic mass is 16.3. The summed E-state index contributed by atoms with van der Waals surface area (Å²) in [5, 5.41) is 25.2. The number of amides is 1. The monoisotopic (exact) mass is 331 g/mol. The molecule has 24 heavy (non-hydrogen) atoms. The second kappa shape index (κ2) is 8.26. The van der Waals surface area contributed by atoms with Gasteiger partial charge in [-0.05, 0) is 43.9 Å². The Labute approximate surface area is 139 Å². The van der Waals surface area contributed by atoms with Crippen molar-refractivity contribution in [2.75, 3.05) is 13.2 Å². The van der Waals surface area contributed by atoms with Crippen molar-refractivity contribution in [2.24, 2.45) is 0 Å². The quantitative estimate of drug-likeness (QED) is 0.660. The third-order valence-electron chi connectivity index (χ3n) is 3.49. The summed E-state index contributed by atoms with van der Waals surface area (Å²) < 4.78 is 1.09. The Kier molecular flexibility index (Phi) is 6.08. The lowest BCUT2D eigenvalue weighted by molar-refractivity contribution is 0.0943. The van der Waals surface area contributed by atoms with Gasteiger partial charge in [0, 0.05) is 19.2 Å². The molecule has 0 fully saturated rings. The summed E-state index contributed by atoms with van der Waals surface area (Å²) in [5.41, 5.74) is 0.761. The second-order valence-corrected chi connectivity index (χ2v) is 5.51. The van der Waals surface area contributed by atoms with E-state index in [1.807, 2.05) is 13.0 Å². The molecule has 0 saturated heterocycles. The van der Waals surface area contributed by atoms with Gasteiger partial charge >= 0.3 is 0 Å². The first kappa shape index (κ1) is 17.7. The molecule has 128 valence electrons. The molecule has 0 saturated carbocycles. The van der Waals surface area contributed by atoms with Gasteiger partial charge in [-0.1, -0.05) is 12.1 Å². The van der Waals surface area contributed by atoms with E-state index in [1.54, 1.807) is 18.2 Å². The molecule has 1 aromatic heterocycles. The summed E-state index contributed by atoms with van der Waals surface area (Å²) >= 11 is 0. The van der Waals surface area contributed by atoms with Gasteiger partial charge in [0.2, 0.25) is 0 Å². The number of aryl methyl sites for hydroxylation is 1. The van der Waals surface area contributed by atoms with E-state index in [4.69, 9.17) is 5.11 Å². The SMILES string of the molecule is Cc1cccc(-n2nc(C(=O)NCCCCCO)c(O)cc2=O)c1. The van der Waals surface area contributed by atoms with Crippen molar-refractivity contribution in [1.29, 1.82) is 0 Å². The first-order valence-electron chi connectivity index (χ1n) is 7.82. The van der Waals surface area contributed by atoms with Crippen LogP contribution in [0.1, 0.15) is 35.3 Å². The number of benzene rings is 1. The molecule has 0 radical (unpaired) electrons. The fourth-order valence-corrected chi connectivity index (χ4v) is 2.25. The molecule has 0 aliphatic carbocycles. The number of aromatic nitrogens is 2. The van der Waals surface area contributed by atoms with Crippen LogP contribution in [0.3, 0.4) is 0 Å². The molecule has 0 unspecified atom stereocenters. The Morgan fingerprint density at radius 3 is 2.75 bits per heavy atom. The highest BCUT2D eigenvalue weighted by molar-refractivity contribution is 5.94. The minimum absolute atomic E-state index is 0.123. The zero-order chi connectivity index (χ0) is 17.5. The average Bonchev–Trinajstić information content (AvgIpc) is 2.54. The number of hydrogen-bond acceptors (Lipinski definition) is 5. The zero-order valence-corrected chi connectivity index (χ0v) is 13.5. The topological polar surface area (TPSA) is 104 Å². The Hall–Kier alpha value is -2.67. The molecule has 0 atom stereocenters. The Morgan fingerprint density at radius 2 is 2.04 bits per heavy atom. The van der Waals surface area contributed by atoms with Crippen molar-refractivity contribution >= 4 is 5.91 Å². The number of nitrogens with zero attached hydrogens (tertiary/aromatic N) is 2. The number of nitrogens with one attached hydrogen (secondary N) is 1. The van der Waals surface area contributed by atoms with Crippen LogP contribution in [0.25, 0.3) is 5.69 Å². The van der Waals surface area contributed by atoms with Crippen LogP contribution in [0.5, 0.6) is 5.75 Å². The van der Waals surface area contributed by atoms with Gasteiger partial charge in [0.15, 0.2) is 11.4 Å². The molecule has 2 aromatic rings. The van der Waals surface area contributed by atoms with Crippen molar-refractivity contribution in [3.8, 4) is 11.4 Å². The van der Waals surface area contributed by atoms with Gasteiger partial charge in [-0.25, -0.2) is 0 Å². The van der Waals surface area contributed by atoms with Gasteiger partial charge in [0.25, 0.3) is 11.5 Å². The van der Waals surface area contributed by atoms with Crippen LogP contribution in [0.2, 0.25) is 0 Å². The summed E-state index contributed by atoms with van der Waals surface area (Å²) in [5.74, 6) is -0.991. The Morgan fingerprint density at radius 1 is 1.25 bits per heavy atom. The molecule has 2 rings (SSSR count). The number of carbonyl (C=O) groups is 1. The summed E-state index contributed by atoms with van der Waals surface area (Å²) in [7, 11) is 0. The molecule has 7 nitrogen and oxygen atoms in total. The van der Waals surface area contributed by atoms with Crippen LogP contribution in [-0.2, 0) is 0 Å². The number of hydrogen-bond donors (Lipinski definition) is 3. The van der Waals surface area contributed by atoms with Crippen molar-refractivity contribution in [1.82, 2.24) is 15.1 Å². The van der Waals surface area contributed by atoms with Crippen LogP contribution >= 0.6 is 0 Å². The van der Waals surface area contributed by atoms with Crippen LogP contribution in [0.4, 0.5) is 0 Å². The maximum atomic E-state index is 12.2. The van der Waals surface area contributed by atoms with Crippen LogP contribution in [0, 0.1) is 6.92 Å². The number of aliphatic hydroxyl groups excluding tert-OH is 1. The van der Waals surface area contributed by atoms with Gasteiger partial charge in [0.1, 0.15) is 0 Å². The number of carbonyl (C=O) groups excluding carboxylic acids is 1. The van der Waals surface area contributed by atoms with Crippen molar-refractivity contribution in [2.45, 2.75) is 26.2 Å². The second-order valence-electron chi connectivity index (χ2n) is 5.51. The molecule has 0 aliphatic rings. The third-order valence-corrected chi connectivity index (χ3v) is 3.49. The lowest BCUT2D eigenvalue weighted by Crippen LogP contribution is -2.29. The molecule has 1 amide bonds. The standard InChI is InChI=1S/C17H21N3O4/c1-12-6-5-7-13(10-12)20-15(23)11-14(22)16(19-20)17(24)18-8-3-2-4-9-21/h5-7,10-11,21-22H,2-4,8-9H2,1H3,(H,18,24). The molecule has 7 heteroatoms. The van der Waals surface area contributed by atoms with Crippen molar-refractivity contribution < 1.29 is 15.0 Å². The first-order valence-corrected chi connectivity index (χ1v) is 7.82. The van der Waals surface area contributed by atoms with Gasteiger partial charge in [-0.15, -0.1) is 0 Å². The molecule has 1 heterocycles. The molecule has 0 bridgehead atoms. The van der Waals surface area contributed by atoms with Crippen LogP contribution in [0.15, 0.2) is 35.1 Å². The van der Waals surface area contributed by atoms with Crippen LogP contribution < -0.4 is 10.9 Å². The summed E-state index contributed by atoms with van der Waals surface area (Å²) in [4.78, 5) is 24.2. The number of aliphatic hydroxyl groups is 1. The normalized spacial score (nSPS) is 10.6. The average molecular weight is 331 g/mol. The van der Waals surface area contributed by atoms with E-state index in [2.05, 4.69) is 10.4 Å². The predicted octanol–water partition coefficient (Wildman–Crippen LogP) is 1.14. The molecular weight excluding hydrogens is 310 g/mol. The van der Waals surface area contributed by atoms with E-state index in [9.17, 15) is 14.7 Å². The lowest BCUT2D eigenvalue weighted by atomic mass is 10.2. The highest BCUT2D eigenvalue weighted by Gasteiger charge is 2.16. The van der Waals surface area contributed by atoms with Crippen molar-refractivity contribution in [3.63, 3.8) is 0 Å². The molecule has 0 aliphatic heterocycles. The summed E-state index contributed by atoms with van der Waals surface area (Å²) in [6.45, 7) is 2.41. The van der Waals surface area contributed by atoms with Gasteiger partial charge in [-0.3, -0.25) is 9.59 Å². The van der Waals surface area contributed by atoms with E-state index >= 15 is 0 Å². The van der Waals surface area contributed by atoms with Gasteiger partial charge in [0.05, 0.1) is 5.69 Å². The van der Waals surface area contributed by atoms with Gasteiger partial charge in [-0.2, -0.15) is 9.78 Å². The van der Waals surface area contributed by atoms with E-state index in [0.29, 0.717) is 25.1 Å². The molecule has 0 spiro atoms. The van der Waals surface area contributed by atoms with Gasteiger partial charge < -0.3 is 15.5 Å². The largest absolute Gasteiger partial charge is 0.505 e. The fraction of sp³-hybridized carbons (Fsp3) is 0.353. The van der Waals surface area contributed by atoms with E-state index in [-0.39, 0.29) is 12.3 Å². The number of unbranched alkanes of at least 4 members (excludes halogenated alkanes) is 2. The van der Waals surface area contributed by atoms with Crippen molar-refractivity contribution in [3.05, 3.63) is 51.9 Å². The lowest BCUT2D eigenvalue weighted by Gasteiger charge is -2.10. The predicted molar refractivity (Wildman–Crippen MR) is 89.5 cm³/mol. The van der Waals surface area contributed by atoms with Crippen LogP contribution in [-0.4, -0.2) is 39.1 Å². The first-order chi connectivity index (χ1) is 11.5. The summed E-state index contributed by atoms with van der Waals surface area (Å²) in [6, 6.07) is 8.12. The number of aromatic hydroxyl groups is 1. The number of rotatable bonds is 7. The third kappa shape index (κ3) is 4.42. The summed E-state index contributed by atoms with van der Waals surface area (Å²) in [6.07, 6.45) is 2.18. The Bertz CT molecular complexity index is 771. The van der Waals surface area contributed by atoms with E-state index in [1.165, 1.54) is 0 Å². The van der Waals surface area contributed by atoms with E-state index < -0.39 is 17.2 Å². The highest BCUT2D eigenvalue weighted by Crippen LogP contribution is 2.13. The molecule has 3 N–H and O–H groups in total. The minimum Gasteiger partial charge on any atom is -0.505 e. The maximum absolute atomic E-state index is 12.2. The molecule has 1 aromatic carbocycles. The maximum Gasteiger partial charge on any atom is 0.275 e. The van der Waals surface area contributed by atoms with E-state index in [0.717, 1.165) is 22.7 Å². The Balaban J connectivity index is 2.20.